The number of carbonyl (C=O) groups excluding carboxylic acids is 1. The van der Waals surface area contributed by atoms with Crippen molar-refractivity contribution in [3.05, 3.63) is 72.8 Å². The van der Waals surface area contributed by atoms with Crippen LogP contribution in [0.1, 0.15) is 39.0 Å². The molecule has 45 heavy (non-hydrogen) atoms. The van der Waals surface area contributed by atoms with Crippen LogP contribution in [0.4, 0.5) is 28.4 Å². The van der Waals surface area contributed by atoms with E-state index in [-0.39, 0.29) is 51.1 Å². The van der Waals surface area contributed by atoms with E-state index in [2.05, 4.69) is 15.5 Å². The molecule has 1 fully saturated rings. The number of hydrogen-bond acceptors (Lipinski definition) is 9. The molecule has 1 aliphatic carbocycles. The van der Waals surface area contributed by atoms with Gasteiger partial charge in [0, 0.05) is 25.2 Å². The molecule has 0 saturated heterocycles. The van der Waals surface area contributed by atoms with Crippen LogP contribution in [0.2, 0.25) is 0 Å². The van der Waals surface area contributed by atoms with Crippen LogP contribution in [0.5, 0.6) is 5.75 Å². The zero-order valence-corrected chi connectivity index (χ0v) is 26.1. The highest BCUT2D eigenvalue weighted by molar-refractivity contribution is 7.93. The quantitative estimate of drug-likeness (QED) is 0.0892. The third-order valence-electron chi connectivity index (χ3n) is 7.69. The van der Waals surface area contributed by atoms with Gasteiger partial charge in [-0.25, -0.2) is 8.42 Å². The molecule has 12 nitrogen and oxygen atoms in total. The molecule has 5 rings (SSSR count). The van der Waals surface area contributed by atoms with E-state index in [4.69, 9.17) is 5.73 Å². The first-order valence-corrected chi connectivity index (χ1v) is 17.2. The third-order valence-corrected chi connectivity index (χ3v) is 10.4. The van der Waals surface area contributed by atoms with Crippen molar-refractivity contribution < 1.29 is 31.3 Å². The molecule has 1 saturated carbocycles. The molecule has 236 valence electrons. The normalized spacial score (nSPS) is 14.5. The summed E-state index contributed by atoms with van der Waals surface area (Å²) in [6.45, 7) is 1.65. The van der Waals surface area contributed by atoms with Gasteiger partial charge in [-0.1, -0.05) is 37.5 Å². The Hall–Kier alpha value is -4.53. The Bertz CT molecular complexity index is 1990. The standard InChI is InChI=1S/C31H33N5O7S2/c1-20(37)33-23-12-14-24(15-13-23)36(19-21-7-3-2-4-8-21)44(39,40)29-10-6-5-9-27(29)34-35-31-26(32)16-11-22-17-25(45(41,42)43)18-28(38)30(22)31/h5-6,9-18,21,38H,2-4,7-8,19,32H2,1H3,(H,33,37)(H,41,42,43). The maximum Gasteiger partial charge on any atom is 0.294 e. The number of aromatic hydroxyl groups is 1. The fourth-order valence-corrected chi connectivity index (χ4v) is 7.72. The van der Waals surface area contributed by atoms with Gasteiger partial charge in [0.25, 0.3) is 20.1 Å². The van der Waals surface area contributed by atoms with Crippen molar-refractivity contribution in [3.63, 3.8) is 0 Å². The lowest BCUT2D eigenvalue weighted by molar-refractivity contribution is -0.114. The molecule has 1 amide bonds. The average molecular weight is 652 g/mol. The number of phenols is 1. The minimum atomic E-state index is -4.60. The molecule has 4 aromatic rings. The minimum absolute atomic E-state index is 0.00768. The van der Waals surface area contributed by atoms with Gasteiger partial charge in [0.1, 0.15) is 22.0 Å². The van der Waals surface area contributed by atoms with E-state index < -0.39 is 30.8 Å². The summed E-state index contributed by atoms with van der Waals surface area (Å²) in [5.74, 6) is -0.597. The summed E-state index contributed by atoms with van der Waals surface area (Å²) in [7, 11) is -8.79. The minimum Gasteiger partial charge on any atom is -0.507 e. The summed E-state index contributed by atoms with van der Waals surface area (Å²) in [5.41, 5.74) is 7.23. The highest BCUT2D eigenvalue weighted by Gasteiger charge is 2.30. The van der Waals surface area contributed by atoms with Crippen molar-refractivity contribution in [2.24, 2.45) is 16.1 Å². The molecule has 4 aromatic carbocycles. The van der Waals surface area contributed by atoms with Crippen LogP contribution >= 0.6 is 0 Å². The van der Waals surface area contributed by atoms with Crippen molar-refractivity contribution in [1.29, 1.82) is 0 Å². The van der Waals surface area contributed by atoms with Crippen molar-refractivity contribution in [3.8, 4) is 5.75 Å². The number of carbonyl (C=O) groups is 1. The number of nitrogen functional groups attached to an aromatic ring is 1. The Morgan fingerprint density at radius 3 is 2.31 bits per heavy atom. The first-order valence-electron chi connectivity index (χ1n) is 14.3. The second kappa shape index (κ2) is 12.8. The molecule has 5 N–H and O–H groups in total. The van der Waals surface area contributed by atoms with Gasteiger partial charge in [0.2, 0.25) is 5.91 Å². The van der Waals surface area contributed by atoms with Crippen molar-refractivity contribution in [2.75, 3.05) is 21.9 Å². The number of nitrogens with one attached hydrogen (secondary N) is 1. The number of anilines is 3. The van der Waals surface area contributed by atoms with Crippen molar-refractivity contribution in [2.45, 2.75) is 48.8 Å². The molecule has 0 atom stereocenters. The van der Waals surface area contributed by atoms with E-state index in [0.717, 1.165) is 44.2 Å². The van der Waals surface area contributed by atoms with E-state index >= 15 is 0 Å². The molecule has 0 aliphatic heterocycles. The third kappa shape index (κ3) is 7.08. The van der Waals surface area contributed by atoms with E-state index in [1.807, 2.05) is 0 Å². The second-order valence-corrected chi connectivity index (χ2v) is 14.2. The average Bonchev–Trinajstić information content (AvgIpc) is 3.00. The maximum atomic E-state index is 14.4. The molecular formula is C31H33N5O7S2. The van der Waals surface area contributed by atoms with Crippen LogP contribution in [0, 0.1) is 5.92 Å². The summed E-state index contributed by atoms with van der Waals surface area (Å²) in [5, 5.41) is 22.1. The molecule has 0 heterocycles. The van der Waals surface area contributed by atoms with Gasteiger partial charge in [-0.05, 0) is 72.7 Å². The highest BCUT2D eigenvalue weighted by Crippen LogP contribution is 2.41. The van der Waals surface area contributed by atoms with E-state index in [1.54, 1.807) is 36.4 Å². The number of amides is 1. The Morgan fingerprint density at radius 1 is 0.956 bits per heavy atom. The number of azo groups is 1. The van der Waals surface area contributed by atoms with Crippen molar-refractivity contribution in [1.82, 2.24) is 0 Å². The predicted molar refractivity (Wildman–Crippen MR) is 172 cm³/mol. The molecule has 1 aliphatic rings. The zero-order valence-electron chi connectivity index (χ0n) is 24.4. The lowest BCUT2D eigenvalue weighted by Crippen LogP contribution is -2.36. The van der Waals surface area contributed by atoms with Crippen molar-refractivity contribution >= 4 is 65.3 Å². The monoisotopic (exact) mass is 651 g/mol. The lowest BCUT2D eigenvalue weighted by atomic mass is 9.89. The fourth-order valence-electron chi connectivity index (χ4n) is 5.51. The fraction of sp³-hybridized carbons (Fsp3) is 0.258. The molecular weight excluding hydrogens is 619 g/mol. The van der Waals surface area contributed by atoms with Crippen LogP contribution in [-0.4, -0.2) is 38.9 Å². The second-order valence-electron chi connectivity index (χ2n) is 11.0. The Labute approximate surface area is 261 Å². The van der Waals surface area contributed by atoms with Gasteiger partial charge in [-0.15, -0.1) is 10.2 Å². The number of sulfonamides is 1. The molecule has 0 spiro atoms. The first-order chi connectivity index (χ1) is 21.3. The number of benzene rings is 4. The summed E-state index contributed by atoms with van der Waals surface area (Å²) >= 11 is 0. The molecule has 0 unspecified atom stereocenters. The van der Waals surface area contributed by atoms with Gasteiger partial charge < -0.3 is 16.2 Å². The van der Waals surface area contributed by atoms with Gasteiger partial charge >= 0.3 is 0 Å². The number of phenolic OH excluding ortho intramolecular Hbond substituents is 1. The summed E-state index contributed by atoms with van der Waals surface area (Å²) < 4.78 is 62.9. The smallest absolute Gasteiger partial charge is 0.294 e. The highest BCUT2D eigenvalue weighted by atomic mass is 32.2. The van der Waals surface area contributed by atoms with Crippen LogP contribution in [0.3, 0.4) is 0 Å². The SMILES string of the molecule is CC(=O)Nc1ccc(N(CC2CCCCC2)S(=O)(=O)c2ccccc2N=Nc2c(N)ccc3cc(S(=O)(=O)O)cc(O)c23)cc1. The Kier molecular flexibility index (Phi) is 9.09. The van der Waals surface area contributed by atoms with E-state index in [9.17, 15) is 31.3 Å². The van der Waals surface area contributed by atoms with Crippen LogP contribution in [-0.2, 0) is 24.9 Å². The zero-order chi connectivity index (χ0) is 32.4. The summed E-state index contributed by atoms with van der Waals surface area (Å²) in [4.78, 5) is 10.9. The number of hydrogen-bond donors (Lipinski definition) is 4. The summed E-state index contributed by atoms with van der Waals surface area (Å²) in [6.07, 6.45) is 4.97. The number of fused-ring (bicyclic) bond motifs is 1. The lowest BCUT2D eigenvalue weighted by Gasteiger charge is -2.31. The Morgan fingerprint density at radius 2 is 1.64 bits per heavy atom. The number of nitrogens with two attached hydrogens (primary N) is 1. The van der Waals surface area contributed by atoms with Gasteiger partial charge in [-0.3, -0.25) is 13.7 Å². The first kappa shape index (κ1) is 31.9. The van der Waals surface area contributed by atoms with Gasteiger partial charge in [0.05, 0.1) is 21.7 Å². The van der Waals surface area contributed by atoms with Crippen LogP contribution < -0.4 is 15.4 Å². The van der Waals surface area contributed by atoms with Crippen LogP contribution in [0.15, 0.2) is 92.8 Å². The largest absolute Gasteiger partial charge is 0.507 e. The maximum absolute atomic E-state index is 14.4. The van der Waals surface area contributed by atoms with E-state index in [1.165, 1.54) is 35.5 Å². The topological polar surface area (TPSA) is 192 Å². The van der Waals surface area contributed by atoms with Crippen LogP contribution in [0.25, 0.3) is 10.8 Å². The van der Waals surface area contributed by atoms with Gasteiger partial charge in [-0.2, -0.15) is 8.42 Å². The predicted octanol–water partition coefficient (Wildman–Crippen LogP) is 6.52. The summed E-state index contributed by atoms with van der Waals surface area (Å²) in [6, 6.07) is 17.6. The number of nitrogens with zero attached hydrogens (tertiary/aromatic N) is 3. The Balaban J connectivity index is 1.57. The molecule has 14 heteroatoms. The molecule has 0 bridgehead atoms. The molecule has 0 aromatic heterocycles. The number of rotatable bonds is 9. The molecule has 0 radical (unpaired) electrons. The van der Waals surface area contributed by atoms with Gasteiger partial charge in [0.15, 0.2) is 0 Å². The van der Waals surface area contributed by atoms with E-state index in [0.29, 0.717) is 11.4 Å².